The summed E-state index contributed by atoms with van der Waals surface area (Å²) in [7, 11) is 0. The number of amides is 1. The summed E-state index contributed by atoms with van der Waals surface area (Å²) in [5, 5.41) is 21.5. The SMILES string of the molecule is O=C(O)NC1=NC(c2ccncc2)(c2cccc(O)c2)c2cccnc21. The van der Waals surface area contributed by atoms with E-state index in [0.29, 0.717) is 11.3 Å². The lowest BCUT2D eigenvalue weighted by Gasteiger charge is -2.28. The number of aliphatic imine (C=N–C) groups is 1. The van der Waals surface area contributed by atoms with Gasteiger partial charge in [0, 0.05) is 24.2 Å². The van der Waals surface area contributed by atoms with Crippen LogP contribution in [0.3, 0.4) is 0 Å². The zero-order valence-corrected chi connectivity index (χ0v) is 13.5. The van der Waals surface area contributed by atoms with Gasteiger partial charge in [-0.3, -0.25) is 15.3 Å². The number of pyridine rings is 2. The first-order valence-electron chi connectivity index (χ1n) is 7.87. The van der Waals surface area contributed by atoms with Gasteiger partial charge < -0.3 is 10.2 Å². The summed E-state index contributed by atoms with van der Waals surface area (Å²) >= 11 is 0. The van der Waals surface area contributed by atoms with Crippen LogP contribution in [-0.2, 0) is 5.54 Å². The zero-order valence-electron chi connectivity index (χ0n) is 13.5. The maximum absolute atomic E-state index is 11.2. The number of aromatic hydroxyl groups is 1. The number of rotatable bonds is 2. The number of phenols is 1. The van der Waals surface area contributed by atoms with Crippen LogP contribution in [0.15, 0.2) is 72.1 Å². The molecule has 0 radical (unpaired) electrons. The molecule has 7 heteroatoms. The molecule has 3 heterocycles. The van der Waals surface area contributed by atoms with Crippen molar-refractivity contribution in [3.05, 3.63) is 89.5 Å². The number of benzene rings is 1. The van der Waals surface area contributed by atoms with Crippen molar-refractivity contribution in [2.75, 3.05) is 0 Å². The molecule has 0 bridgehead atoms. The maximum atomic E-state index is 11.2. The highest BCUT2D eigenvalue weighted by atomic mass is 16.4. The quantitative estimate of drug-likeness (QED) is 0.661. The van der Waals surface area contributed by atoms with Gasteiger partial charge in [0.1, 0.15) is 17.0 Å². The Hall–Kier alpha value is -3.74. The molecular weight excluding hydrogens is 332 g/mol. The lowest BCUT2D eigenvalue weighted by molar-refractivity contribution is 0.200. The number of nitrogens with zero attached hydrogens (tertiary/aromatic N) is 3. The van der Waals surface area contributed by atoms with E-state index in [1.54, 1.807) is 42.9 Å². The highest BCUT2D eigenvalue weighted by Crippen LogP contribution is 2.45. The van der Waals surface area contributed by atoms with Gasteiger partial charge >= 0.3 is 6.09 Å². The van der Waals surface area contributed by atoms with Crippen LogP contribution >= 0.6 is 0 Å². The van der Waals surface area contributed by atoms with Crippen molar-refractivity contribution in [2.45, 2.75) is 5.54 Å². The van der Waals surface area contributed by atoms with E-state index in [9.17, 15) is 15.0 Å². The van der Waals surface area contributed by atoms with Gasteiger partial charge in [0.2, 0.25) is 0 Å². The van der Waals surface area contributed by atoms with Crippen LogP contribution in [-0.4, -0.2) is 32.1 Å². The van der Waals surface area contributed by atoms with E-state index >= 15 is 0 Å². The largest absolute Gasteiger partial charge is 0.508 e. The minimum Gasteiger partial charge on any atom is -0.508 e. The number of hydrogen-bond acceptors (Lipinski definition) is 5. The first-order chi connectivity index (χ1) is 12.6. The number of carboxylic acid groups (broad SMARTS) is 1. The average Bonchev–Trinajstić information content (AvgIpc) is 2.97. The van der Waals surface area contributed by atoms with E-state index in [1.165, 1.54) is 0 Å². The van der Waals surface area contributed by atoms with Gasteiger partial charge in [-0.05, 0) is 41.5 Å². The van der Waals surface area contributed by atoms with Gasteiger partial charge in [-0.2, -0.15) is 0 Å². The number of phenolic OH excluding ortho intramolecular Hbond substituents is 1. The van der Waals surface area contributed by atoms with Crippen molar-refractivity contribution >= 4 is 11.9 Å². The molecule has 1 aliphatic rings. The molecule has 1 unspecified atom stereocenters. The van der Waals surface area contributed by atoms with Crippen molar-refractivity contribution in [3.8, 4) is 5.75 Å². The number of hydrogen-bond donors (Lipinski definition) is 3. The van der Waals surface area contributed by atoms with E-state index < -0.39 is 11.6 Å². The highest BCUT2D eigenvalue weighted by Gasteiger charge is 2.44. The maximum Gasteiger partial charge on any atom is 0.410 e. The van der Waals surface area contributed by atoms with E-state index in [4.69, 9.17) is 4.99 Å². The monoisotopic (exact) mass is 346 g/mol. The molecule has 1 aliphatic heterocycles. The molecule has 0 saturated carbocycles. The van der Waals surface area contributed by atoms with Gasteiger partial charge in [0.15, 0.2) is 5.84 Å². The van der Waals surface area contributed by atoms with Crippen LogP contribution in [0.2, 0.25) is 0 Å². The summed E-state index contributed by atoms with van der Waals surface area (Å²) < 4.78 is 0. The molecule has 0 saturated heterocycles. The Morgan fingerprint density at radius 1 is 1.00 bits per heavy atom. The Bertz CT molecular complexity index is 1020. The normalized spacial score (nSPS) is 18.1. The van der Waals surface area contributed by atoms with E-state index in [2.05, 4.69) is 15.3 Å². The third-order valence-corrected chi connectivity index (χ3v) is 4.29. The molecule has 1 amide bonds. The van der Waals surface area contributed by atoms with Crippen molar-refractivity contribution in [1.29, 1.82) is 0 Å². The molecule has 128 valence electrons. The van der Waals surface area contributed by atoms with Gasteiger partial charge in [-0.25, -0.2) is 9.79 Å². The third kappa shape index (κ3) is 2.37. The van der Waals surface area contributed by atoms with Crippen LogP contribution in [0.25, 0.3) is 0 Å². The van der Waals surface area contributed by atoms with Gasteiger partial charge in [0.05, 0.1) is 0 Å². The second-order valence-corrected chi connectivity index (χ2v) is 5.79. The third-order valence-electron chi connectivity index (χ3n) is 4.29. The average molecular weight is 346 g/mol. The fourth-order valence-electron chi connectivity index (χ4n) is 3.29. The molecule has 4 rings (SSSR count). The first-order valence-corrected chi connectivity index (χ1v) is 7.87. The molecule has 7 nitrogen and oxygen atoms in total. The van der Waals surface area contributed by atoms with Crippen LogP contribution in [0, 0.1) is 0 Å². The van der Waals surface area contributed by atoms with E-state index in [1.807, 2.05) is 24.3 Å². The fourth-order valence-corrected chi connectivity index (χ4v) is 3.29. The van der Waals surface area contributed by atoms with Crippen molar-refractivity contribution in [1.82, 2.24) is 15.3 Å². The molecule has 0 fully saturated rings. The molecule has 3 aromatic rings. The molecule has 2 aromatic heterocycles. The van der Waals surface area contributed by atoms with E-state index in [-0.39, 0.29) is 11.6 Å². The van der Waals surface area contributed by atoms with Crippen molar-refractivity contribution in [2.24, 2.45) is 4.99 Å². The van der Waals surface area contributed by atoms with Crippen molar-refractivity contribution < 1.29 is 15.0 Å². The van der Waals surface area contributed by atoms with Gasteiger partial charge in [0.25, 0.3) is 0 Å². The van der Waals surface area contributed by atoms with E-state index in [0.717, 1.165) is 11.1 Å². The van der Waals surface area contributed by atoms with Gasteiger partial charge in [-0.1, -0.05) is 18.2 Å². The molecule has 0 spiro atoms. The second-order valence-electron chi connectivity index (χ2n) is 5.79. The summed E-state index contributed by atoms with van der Waals surface area (Å²) in [6.07, 6.45) is 3.66. The Labute approximate surface area is 148 Å². The van der Waals surface area contributed by atoms with Crippen molar-refractivity contribution in [3.63, 3.8) is 0 Å². The fraction of sp³-hybridized carbons (Fsp3) is 0.0526. The predicted molar refractivity (Wildman–Crippen MR) is 94.2 cm³/mol. The smallest absolute Gasteiger partial charge is 0.410 e. The zero-order chi connectivity index (χ0) is 18.1. The number of aromatic nitrogens is 2. The Balaban J connectivity index is 2.06. The molecule has 26 heavy (non-hydrogen) atoms. The predicted octanol–water partition coefficient (Wildman–Crippen LogP) is 2.50. The minimum absolute atomic E-state index is 0.0937. The molecule has 1 aromatic carbocycles. The minimum atomic E-state index is -1.22. The molecule has 0 aliphatic carbocycles. The molecule has 3 N–H and O–H groups in total. The van der Waals surface area contributed by atoms with Crippen LogP contribution < -0.4 is 5.32 Å². The first kappa shape index (κ1) is 15.8. The Morgan fingerprint density at radius 3 is 2.54 bits per heavy atom. The number of carbonyl (C=O) groups is 1. The summed E-state index contributed by atoms with van der Waals surface area (Å²) in [5.74, 6) is 0.254. The standard InChI is InChI=1S/C19H14N4O3/c24-14-4-1-3-13(11-14)19(12-6-9-20-10-7-12)15-5-2-8-21-16(15)17(23-19)22-18(25)26/h1-11,24H,(H,22,23)(H,25,26). The van der Waals surface area contributed by atoms with Gasteiger partial charge in [-0.15, -0.1) is 0 Å². The topological polar surface area (TPSA) is 108 Å². The summed E-state index contributed by atoms with van der Waals surface area (Å²) in [4.78, 5) is 24.4. The lowest BCUT2D eigenvalue weighted by atomic mass is 9.79. The molecule has 1 atom stereocenters. The second kappa shape index (κ2) is 5.96. The number of fused-ring (bicyclic) bond motifs is 1. The highest BCUT2D eigenvalue weighted by molar-refractivity contribution is 6.08. The number of nitrogens with one attached hydrogen (secondary N) is 1. The summed E-state index contributed by atoms with van der Waals surface area (Å²) in [5.41, 5.74) is 1.62. The number of amidine groups is 1. The van der Waals surface area contributed by atoms with Crippen LogP contribution in [0.4, 0.5) is 4.79 Å². The summed E-state index contributed by atoms with van der Waals surface area (Å²) in [6, 6.07) is 14.0. The summed E-state index contributed by atoms with van der Waals surface area (Å²) in [6.45, 7) is 0. The molecular formula is C19H14N4O3. The van der Waals surface area contributed by atoms with Crippen LogP contribution in [0.5, 0.6) is 5.75 Å². The lowest BCUT2D eigenvalue weighted by Crippen LogP contribution is -2.29. The van der Waals surface area contributed by atoms with Crippen LogP contribution in [0.1, 0.15) is 22.4 Å². The Morgan fingerprint density at radius 2 is 1.81 bits per heavy atom. The Kier molecular flexibility index (Phi) is 3.62.